The van der Waals surface area contributed by atoms with Crippen molar-refractivity contribution in [1.82, 2.24) is 5.32 Å². The van der Waals surface area contributed by atoms with Crippen molar-refractivity contribution in [3.8, 4) is 0 Å². The molecule has 0 aliphatic carbocycles. The fourth-order valence-corrected chi connectivity index (χ4v) is 3.43. The molecule has 0 unspecified atom stereocenters. The number of hydrogen-bond acceptors (Lipinski definition) is 4. The molecule has 0 saturated carbocycles. The molecule has 0 radical (unpaired) electrons. The summed E-state index contributed by atoms with van der Waals surface area (Å²) >= 11 is 3.11. The van der Waals surface area contributed by atoms with Crippen LogP contribution in [-0.2, 0) is 17.8 Å². The van der Waals surface area contributed by atoms with Gasteiger partial charge in [0, 0.05) is 15.9 Å². The molecule has 0 aliphatic heterocycles. The summed E-state index contributed by atoms with van der Waals surface area (Å²) in [6.07, 6.45) is 0.324. The predicted molar refractivity (Wildman–Crippen MR) is 98.6 cm³/mol. The summed E-state index contributed by atoms with van der Waals surface area (Å²) in [6.45, 7) is 0.561. The summed E-state index contributed by atoms with van der Waals surface area (Å²) in [4.78, 5) is 25.1. The Labute approximate surface area is 148 Å². The summed E-state index contributed by atoms with van der Waals surface area (Å²) < 4.78 is 0. The van der Waals surface area contributed by atoms with Gasteiger partial charge in [0.15, 0.2) is 0 Å². The topological polar surface area (TPSA) is 58.2 Å². The minimum Gasteiger partial charge on any atom is -0.351 e. The molecule has 6 heteroatoms. The van der Waals surface area contributed by atoms with Crippen LogP contribution in [0.3, 0.4) is 0 Å². The molecule has 0 bridgehead atoms. The predicted octanol–water partition coefficient (Wildman–Crippen LogP) is 3.92. The molecule has 0 spiro atoms. The number of anilines is 1. The Hall–Kier alpha value is -2.44. The zero-order valence-corrected chi connectivity index (χ0v) is 14.5. The summed E-state index contributed by atoms with van der Waals surface area (Å²) in [6, 6.07) is 13.1. The maximum atomic E-state index is 12.0. The van der Waals surface area contributed by atoms with Gasteiger partial charge in [0.1, 0.15) is 0 Å². The molecule has 2 aromatic heterocycles. The highest BCUT2D eigenvalue weighted by Gasteiger charge is 2.07. The highest BCUT2D eigenvalue weighted by molar-refractivity contribution is 7.09. The number of hydrogen-bond donors (Lipinski definition) is 2. The van der Waals surface area contributed by atoms with E-state index >= 15 is 0 Å². The number of nitrogens with one attached hydrogen (secondary N) is 2. The fraction of sp³-hybridized carbons (Fsp3) is 0.111. The van der Waals surface area contributed by atoms with Gasteiger partial charge in [-0.3, -0.25) is 9.59 Å². The second kappa shape index (κ2) is 7.90. The first-order chi connectivity index (χ1) is 11.7. The average Bonchev–Trinajstić information content (AvgIpc) is 3.28. The van der Waals surface area contributed by atoms with Gasteiger partial charge in [-0.25, -0.2) is 0 Å². The standard InChI is InChI=1S/C18H16N2O2S2/c21-17(19-11-16-2-1-8-24-16)10-13-3-5-15(6-4-13)20-18(22)14-7-9-23-12-14/h1-9,12H,10-11H2,(H,19,21)(H,20,22). The first-order valence-corrected chi connectivity index (χ1v) is 9.24. The van der Waals surface area contributed by atoms with Crippen molar-refractivity contribution in [2.45, 2.75) is 13.0 Å². The maximum absolute atomic E-state index is 12.0. The van der Waals surface area contributed by atoms with Crippen LogP contribution in [0.5, 0.6) is 0 Å². The van der Waals surface area contributed by atoms with Gasteiger partial charge in [0.2, 0.25) is 5.91 Å². The summed E-state index contributed by atoms with van der Waals surface area (Å²) in [5, 5.41) is 11.4. The molecule has 0 saturated heterocycles. The number of carbonyl (C=O) groups is 2. The molecule has 2 heterocycles. The van der Waals surface area contributed by atoms with Crippen LogP contribution in [0.2, 0.25) is 0 Å². The monoisotopic (exact) mass is 356 g/mol. The minimum atomic E-state index is -0.127. The van der Waals surface area contributed by atoms with Gasteiger partial charge in [-0.05, 0) is 40.6 Å². The molecule has 0 aliphatic rings. The second-order valence-electron chi connectivity index (χ2n) is 5.20. The molecule has 2 amide bonds. The highest BCUT2D eigenvalue weighted by atomic mass is 32.1. The van der Waals surface area contributed by atoms with E-state index in [9.17, 15) is 9.59 Å². The molecule has 3 aromatic rings. The van der Waals surface area contributed by atoms with Crippen LogP contribution in [0.4, 0.5) is 5.69 Å². The Kier molecular flexibility index (Phi) is 5.40. The maximum Gasteiger partial charge on any atom is 0.256 e. The zero-order valence-electron chi connectivity index (χ0n) is 12.8. The summed E-state index contributed by atoms with van der Waals surface area (Å²) in [5.41, 5.74) is 2.28. The van der Waals surface area contributed by atoms with Gasteiger partial charge in [0.25, 0.3) is 5.91 Å². The average molecular weight is 356 g/mol. The van der Waals surface area contributed by atoms with Gasteiger partial charge in [-0.1, -0.05) is 18.2 Å². The highest BCUT2D eigenvalue weighted by Crippen LogP contribution is 2.13. The minimum absolute atomic E-state index is 0.0153. The quantitative estimate of drug-likeness (QED) is 0.703. The molecule has 0 fully saturated rings. The van der Waals surface area contributed by atoms with Crippen LogP contribution in [0.15, 0.2) is 58.6 Å². The van der Waals surface area contributed by atoms with Crippen molar-refractivity contribution in [1.29, 1.82) is 0 Å². The zero-order chi connectivity index (χ0) is 16.8. The van der Waals surface area contributed by atoms with Crippen molar-refractivity contribution in [3.05, 3.63) is 74.6 Å². The number of benzene rings is 1. The molecule has 2 N–H and O–H groups in total. The molecule has 3 rings (SSSR count). The third-order valence-electron chi connectivity index (χ3n) is 3.40. The van der Waals surface area contributed by atoms with Crippen molar-refractivity contribution in [2.24, 2.45) is 0 Å². The SMILES string of the molecule is O=C(Cc1ccc(NC(=O)c2ccsc2)cc1)NCc1cccs1. The van der Waals surface area contributed by atoms with E-state index in [1.165, 1.54) is 11.3 Å². The second-order valence-corrected chi connectivity index (χ2v) is 7.01. The van der Waals surface area contributed by atoms with Gasteiger partial charge in [-0.15, -0.1) is 11.3 Å². The normalized spacial score (nSPS) is 10.3. The Morgan fingerprint density at radius 2 is 1.83 bits per heavy atom. The molecule has 24 heavy (non-hydrogen) atoms. The van der Waals surface area contributed by atoms with E-state index in [4.69, 9.17) is 0 Å². The van der Waals surface area contributed by atoms with E-state index in [2.05, 4.69) is 10.6 Å². The van der Waals surface area contributed by atoms with Gasteiger partial charge < -0.3 is 10.6 Å². The molecular weight excluding hydrogens is 340 g/mol. The molecule has 1 aromatic carbocycles. The van der Waals surface area contributed by atoms with Gasteiger partial charge >= 0.3 is 0 Å². The largest absolute Gasteiger partial charge is 0.351 e. The first-order valence-electron chi connectivity index (χ1n) is 7.42. The number of carbonyl (C=O) groups excluding carboxylic acids is 2. The third-order valence-corrected chi connectivity index (χ3v) is 4.96. The smallest absolute Gasteiger partial charge is 0.256 e. The van der Waals surface area contributed by atoms with E-state index in [-0.39, 0.29) is 11.8 Å². The van der Waals surface area contributed by atoms with E-state index in [0.717, 1.165) is 10.4 Å². The van der Waals surface area contributed by atoms with Crippen LogP contribution in [0, 0.1) is 0 Å². The van der Waals surface area contributed by atoms with Crippen LogP contribution in [-0.4, -0.2) is 11.8 Å². The third kappa shape index (κ3) is 4.53. The molecule has 0 atom stereocenters. The van der Waals surface area contributed by atoms with Crippen molar-refractivity contribution in [2.75, 3.05) is 5.32 Å². The Balaban J connectivity index is 1.50. The van der Waals surface area contributed by atoms with Crippen LogP contribution >= 0.6 is 22.7 Å². The lowest BCUT2D eigenvalue weighted by Crippen LogP contribution is -2.24. The lowest BCUT2D eigenvalue weighted by atomic mass is 10.1. The Morgan fingerprint density at radius 3 is 2.50 bits per heavy atom. The van der Waals surface area contributed by atoms with E-state index in [1.54, 1.807) is 17.4 Å². The number of amides is 2. The van der Waals surface area contributed by atoms with Gasteiger partial charge in [-0.2, -0.15) is 11.3 Å². The van der Waals surface area contributed by atoms with Crippen LogP contribution < -0.4 is 10.6 Å². The van der Waals surface area contributed by atoms with Crippen LogP contribution in [0.25, 0.3) is 0 Å². The Morgan fingerprint density at radius 1 is 1.00 bits per heavy atom. The first kappa shape index (κ1) is 16.4. The Bertz CT molecular complexity index is 794. The molecular formula is C18H16N2O2S2. The summed E-state index contributed by atoms with van der Waals surface area (Å²) in [7, 11) is 0. The summed E-state index contributed by atoms with van der Waals surface area (Å²) in [5.74, 6) is -0.142. The van der Waals surface area contributed by atoms with Crippen molar-refractivity contribution >= 4 is 40.2 Å². The molecule has 4 nitrogen and oxygen atoms in total. The number of thiophene rings is 2. The van der Waals surface area contributed by atoms with E-state index in [0.29, 0.717) is 24.2 Å². The number of rotatable bonds is 6. The lowest BCUT2D eigenvalue weighted by molar-refractivity contribution is -0.120. The van der Waals surface area contributed by atoms with Crippen molar-refractivity contribution < 1.29 is 9.59 Å². The van der Waals surface area contributed by atoms with Crippen molar-refractivity contribution in [3.63, 3.8) is 0 Å². The van der Waals surface area contributed by atoms with E-state index in [1.807, 2.05) is 52.5 Å². The van der Waals surface area contributed by atoms with Gasteiger partial charge in [0.05, 0.1) is 18.5 Å². The fourth-order valence-electron chi connectivity index (χ4n) is 2.15. The van der Waals surface area contributed by atoms with E-state index < -0.39 is 0 Å². The molecule has 122 valence electrons. The lowest BCUT2D eigenvalue weighted by Gasteiger charge is -2.06. The van der Waals surface area contributed by atoms with Crippen LogP contribution in [0.1, 0.15) is 20.8 Å².